The third-order valence-electron chi connectivity index (χ3n) is 6.34. The zero-order valence-corrected chi connectivity index (χ0v) is 20.2. The number of nitrogens with zero attached hydrogens (tertiary/aromatic N) is 6. The molecule has 1 N–H and O–H groups in total. The molecular formula is C22H26ClN7O2S. The molecule has 1 saturated carbocycles. The fourth-order valence-electron chi connectivity index (χ4n) is 4.20. The number of anilines is 1. The first-order chi connectivity index (χ1) is 15.8. The number of hydrogen-bond donors (Lipinski definition) is 1. The van der Waals surface area contributed by atoms with Crippen LogP contribution in [0.1, 0.15) is 18.4 Å². The molecule has 1 saturated heterocycles. The summed E-state index contributed by atoms with van der Waals surface area (Å²) in [6, 6.07) is 8.05. The van der Waals surface area contributed by atoms with Crippen LogP contribution in [0.5, 0.6) is 0 Å². The molecule has 1 aromatic carbocycles. The molecule has 9 nitrogen and oxygen atoms in total. The zero-order valence-electron chi connectivity index (χ0n) is 18.6. The Bertz CT molecular complexity index is 1330. The average Bonchev–Trinajstić information content (AvgIpc) is 3.56. The molecular weight excluding hydrogens is 462 g/mol. The second-order valence-corrected chi connectivity index (χ2v) is 9.52. The predicted octanol–water partition coefficient (Wildman–Crippen LogP) is 1.29. The van der Waals surface area contributed by atoms with Gasteiger partial charge in [-0.15, -0.1) is 0 Å². The highest BCUT2D eigenvalue weighted by Gasteiger charge is 2.28. The van der Waals surface area contributed by atoms with Crippen LogP contribution in [0.3, 0.4) is 0 Å². The number of thiocarbonyl (C=S) groups is 1. The summed E-state index contributed by atoms with van der Waals surface area (Å²) in [6.45, 7) is 3.40. The molecule has 174 valence electrons. The van der Waals surface area contributed by atoms with Gasteiger partial charge in [-0.05, 0) is 42.8 Å². The highest BCUT2D eigenvalue weighted by molar-refractivity contribution is 7.80. The quantitative estimate of drug-likeness (QED) is 0.555. The van der Waals surface area contributed by atoms with E-state index in [0.29, 0.717) is 47.8 Å². The summed E-state index contributed by atoms with van der Waals surface area (Å²) in [5, 5.41) is 4.86. The molecule has 0 spiro atoms. The van der Waals surface area contributed by atoms with E-state index in [2.05, 4.69) is 15.1 Å². The van der Waals surface area contributed by atoms with Gasteiger partial charge in [0.25, 0.3) is 5.56 Å². The van der Waals surface area contributed by atoms with Crippen molar-refractivity contribution in [1.82, 2.24) is 28.9 Å². The van der Waals surface area contributed by atoms with Gasteiger partial charge in [0.1, 0.15) is 0 Å². The van der Waals surface area contributed by atoms with Crippen molar-refractivity contribution in [3.63, 3.8) is 0 Å². The number of rotatable bonds is 4. The average molecular weight is 488 g/mol. The van der Waals surface area contributed by atoms with Crippen molar-refractivity contribution in [3.8, 4) is 0 Å². The Morgan fingerprint density at radius 2 is 1.76 bits per heavy atom. The van der Waals surface area contributed by atoms with E-state index in [9.17, 15) is 9.59 Å². The van der Waals surface area contributed by atoms with Crippen molar-refractivity contribution in [2.24, 2.45) is 14.1 Å². The van der Waals surface area contributed by atoms with Crippen molar-refractivity contribution in [3.05, 3.63) is 55.7 Å². The maximum atomic E-state index is 13.1. The van der Waals surface area contributed by atoms with Crippen LogP contribution in [-0.4, -0.2) is 60.9 Å². The van der Waals surface area contributed by atoms with E-state index in [4.69, 9.17) is 28.8 Å². The van der Waals surface area contributed by atoms with Gasteiger partial charge >= 0.3 is 5.69 Å². The monoisotopic (exact) mass is 487 g/mol. The van der Waals surface area contributed by atoms with E-state index in [1.54, 1.807) is 7.05 Å². The fourth-order valence-corrected chi connectivity index (χ4v) is 4.68. The summed E-state index contributed by atoms with van der Waals surface area (Å²) in [5.74, 6) is 0.680. The number of nitrogens with one attached hydrogen (secondary N) is 1. The second kappa shape index (κ2) is 8.49. The van der Waals surface area contributed by atoms with E-state index in [1.807, 2.05) is 28.8 Å². The van der Waals surface area contributed by atoms with Crippen LogP contribution in [0.15, 0.2) is 33.9 Å². The summed E-state index contributed by atoms with van der Waals surface area (Å²) in [7, 11) is 3.14. The molecule has 5 rings (SSSR count). The highest BCUT2D eigenvalue weighted by Crippen LogP contribution is 2.24. The standard InChI is InChI=1S/C22H26ClN7O2S/c1-26-18-17(19(31)27(2)22(26)32)30(13-14-3-5-15(23)6-4-14)20(25-18)28-9-11-29(12-10-28)21(33)24-16-7-8-16/h3-6,16H,7-13H2,1-2H3,(H,24,33). The van der Waals surface area contributed by atoms with E-state index in [1.165, 1.54) is 24.5 Å². The number of hydrogen-bond acceptors (Lipinski definition) is 5. The summed E-state index contributed by atoms with van der Waals surface area (Å²) in [5.41, 5.74) is 1.05. The van der Waals surface area contributed by atoms with Gasteiger partial charge in [0.2, 0.25) is 5.95 Å². The Labute approximate surface area is 201 Å². The van der Waals surface area contributed by atoms with E-state index in [0.717, 1.165) is 28.3 Å². The molecule has 0 amide bonds. The maximum absolute atomic E-state index is 13.1. The van der Waals surface area contributed by atoms with Gasteiger partial charge < -0.3 is 15.1 Å². The normalized spacial score (nSPS) is 16.5. The lowest BCUT2D eigenvalue weighted by molar-refractivity contribution is 0.376. The van der Waals surface area contributed by atoms with E-state index < -0.39 is 5.69 Å². The lowest BCUT2D eigenvalue weighted by atomic mass is 10.2. The van der Waals surface area contributed by atoms with Gasteiger partial charge in [-0.1, -0.05) is 23.7 Å². The molecule has 0 atom stereocenters. The first kappa shape index (κ1) is 22.0. The van der Waals surface area contributed by atoms with Crippen LogP contribution in [0.25, 0.3) is 11.2 Å². The van der Waals surface area contributed by atoms with Crippen molar-refractivity contribution in [2.75, 3.05) is 31.1 Å². The van der Waals surface area contributed by atoms with Crippen molar-refractivity contribution in [2.45, 2.75) is 25.4 Å². The van der Waals surface area contributed by atoms with Crippen LogP contribution >= 0.6 is 23.8 Å². The Hall–Kier alpha value is -2.85. The Morgan fingerprint density at radius 1 is 1.09 bits per heavy atom. The smallest absolute Gasteiger partial charge is 0.332 e. The van der Waals surface area contributed by atoms with E-state index >= 15 is 0 Å². The maximum Gasteiger partial charge on any atom is 0.332 e. The summed E-state index contributed by atoms with van der Waals surface area (Å²) in [4.78, 5) is 34.8. The number of benzene rings is 1. The predicted molar refractivity (Wildman–Crippen MR) is 133 cm³/mol. The largest absolute Gasteiger partial charge is 0.360 e. The van der Waals surface area contributed by atoms with Crippen molar-refractivity contribution >= 4 is 46.0 Å². The number of fused-ring (bicyclic) bond motifs is 1. The van der Waals surface area contributed by atoms with Gasteiger partial charge in [0, 0.05) is 51.3 Å². The Morgan fingerprint density at radius 3 is 2.39 bits per heavy atom. The molecule has 0 bridgehead atoms. The first-order valence-corrected chi connectivity index (χ1v) is 11.8. The molecule has 0 radical (unpaired) electrons. The molecule has 1 aliphatic carbocycles. The number of piperazine rings is 1. The minimum Gasteiger partial charge on any atom is -0.360 e. The molecule has 2 aliphatic rings. The molecule has 0 unspecified atom stereocenters. The lowest BCUT2D eigenvalue weighted by Crippen LogP contribution is -2.52. The fraction of sp³-hybridized carbons (Fsp3) is 0.455. The lowest BCUT2D eigenvalue weighted by Gasteiger charge is -2.36. The highest BCUT2D eigenvalue weighted by atomic mass is 35.5. The molecule has 2 aromatic heterocycles. The van der Waals surface area contributed by atoms with Crippen LogP contribution in [-0.2, 0) is 20.6 Å². The van der Waals surface area contributed by atoms with Crippen LogP contribution in [0.2, 0.25) is 5.02 Å². The van der Waals surface area contributed by atoms with Crippen LogP contribution in [0.4, 0.5) is 5.95 Å². The van der Waals surface area contributed by atoms with Gasteiger partial charge in [-0.25, -0.2) is 4.79 Å². The third kappa shape index (κ3) is 4.13. The van der Waals surface area contributed by atoms with Gasteiger partial charge in [0.15, 0.2) is 16.3 Å². The number of imidazole rings is 1. The summed E-state index contributed by atoms with van der Waals surface area (Å²) in [6.07, 6.45) is 2.37. The molecule has 11 heteroatoms. The summed E-state index contributed by atoms with van der Waals surface area (Å²) >= 11 is 11.6. The second-order valence-electron chi connectivity index (χ2n) is 8.70. The number of halogens is 1. The Kier molecular flexibility index (Phi) is 5.65. The van der Waals surface area contributed by atoms with Crippen LogP contribution in [0, 0.1) is 0 Å². The van der Waals surface area contributed by atoms with Crippen LogP contribution < -0.4 is 21.5 Å². The number of aryl methyl sites for hydroxylation is 1. The zero-order chi connectivity index (χ0) is 23.3. The Balaban J connectivity index is 1.52. The topological polar surface area (TPSA) is 80.3 Å². The summed E-state index contributed by atoms with van der Waals surface area (Å²) < 4.78 is 4.48. The third-order valence-corrected chi connectivity index (χ3v) is 6.96. The molecule has 33 heavy (non-hydrogen) atoms. The van der Waals surface area contributed by atoms with Gasteiger partial charge in [0.05, 0.1) is 6.54 Å². The molecule has 2 fully saturated rings. The minimum atomic E-state index is -0.392. The SMILES string of the molecule is Cn1c(=O)c2c(nc(N3CCN(C(=S)NC4CC4)CC3)n2Cc2ccc(Cl)cc2)n(C)c1=O. The molecule has 1 aliphatic heterocycles. The molecule has 3 heterocycles. The van der Waals surface area contributed by atoms with Crippen molar-refractivity contribution < 1.29 is 0 Å². The van der Waals surface area contributed by atoms with Gasteiger partial charge in [-0.3, -0.25) is 18.5 Å². The first-order valence-electron chi connectivity index (χ1n) is 11.0. The van der Waals surface area contributed by atoms with Gasteiger partial charge in [-0.2, -0.15) is 4.98 Å². The number of aromatic nitrogens is 4. The minimum absolute atomic E-state index is 0.353. The van der Waals surface area contributed by atoms with Crippen molar-refractivity contribution in [1.29, 1.82) is 0 Å². The van der Waals surface area contributed by atoms with E-state index in [-0.39, 0.29) is 5.56 Å². The molecule has 3 aromatic rings.